The van der Waals surface area contributed by atoms with Crippen LogP contribution in [0.15, 0.2) is 46.1 Å². The van der Waals surface area contributed by atoms with E-state index in [1.54, 1.807) is 6.20 Å². The molecule has 0 aliphatic heterocycles. The van der Waals surface area contributed by atoms with Crippen LogP contribution >= 0.6 is 0 Å². The van der Waals surface area contributed by atoms with Gasteiger partial charge in [-0.05, 0) is 104 Å². The minimum atomic E-state index is 0.376. The number of hydrogen-bond acceptors (Lipinski definition) is 4. The standard InChI is InChI=1S/C30H44N4/c1-5-6-9-25(23(17-31)19-34-24-15-20(2)14-21(3)16-24)26-10-7-8-11-27(26)30-22(4)12-13-29(33)28(30)18-32/h9,12-13,17-21,24,32H,5-8,10-11,14-16,31,33H2,1-4H3/b23-17+,25-9+,32-18?,34-19?/t20-,21+,24?. The van der Waals surface area contributed by atoms with Gasteiger partial charge >= 0.3 is 0 Å². The number of hydrogen-bond donors (Lipinski definition) is 3. The van der Waals surface area contributed by atoms with Crippen LogP contribution in [0.3, 0.4) is 0 Å². The lowest BCUT2D eigenvalue weighted by atomic mass is 9.78. The average molecular weight is 461 g/mol. The van der Waals surface area contributed by atoms with E-state index in [0.717, 1.165) is 79.9 Å². The molecule has 3 rings (SSSR count). The number of aliphatic imine (C=N–C) groups is 1. The Labute approximate surface area is 206 Å². The van der Waals surface area contributed by atoms with Crippen LogP contribution in [0.2, 0.25) is 0 Å². The second-order valence-corrected chi connectivity index (χ2v) is 10.4. The number of unbranched alkanes of at least 4 members (excludes halogenated alkanes) is 1. The molecule has 1 unspecified atom stereocenters. The first-order chi connectivity index (χ1) is 16.4. The van der Waals surface area contributed by atoms with Crippen molar-refractivity contribution in [1.29, 1.82) is 5.41 Å². The summed E-state index contributed by atoms with van der Waals surface area (Å²) in [7, 11) is 0. The van der Waals surface area contributed by atoms with Crippen molar-refractivity contribution >= 4 is 23.7 Å². The first-order valence-corrected chi connectivity index (χ1v) is 13.2. The molecule has 34 heavy (non-hydrogen) atoms. The lowest BCUT2D eigenvalue weighted by Crippen LogP contribution is -2.22. The van der Waals surface area contributed by atoms with E-state index in [9.17, 15) is 0 Å². The summed E-state index contributed by atoms with van der Waals surface area (Å²) >= 11 is 0. The Bertz CT molecular complexity index is 985. The van der Waals surface area contributed by atoms with Crippen molar-refractivity contribution in [2.24, 2.45) is 22.6 Å². The molecule has 0 aromatic heterocycles. The number of anilines is 1. The van der Waals surface area contributed by atoms with Gasteiger partial charge in [0.1, 0.15) is 0 Å². The summed E-state index contributed by atoms with van der Waals surface area (Å²) < 4.78 is 0. The van der Waals surface area contributed by atoms with Gasteiger partial charge in [0.2, 0.25) is 0 Å². The van der Waals surface area contributed by atoms with Crippen molar-refractivity contribution in [2.45, 2.75) is 91.5 Å². The van der Waals surface area contributed by atoms with Crippen molar-refractivity contribution in [3.63, 3.8) is 0 Å². The zero-order valence-electron chi connectivity index (χ0n) is 21.7. The minimum absolute atomic E-state index is 0.376. The maximum atomic E-state index is 8.06. The van der Waals surface area contributed by atoms with E-state index in [4.69, 9.17) is 21.9 Å². The van der Waals surface area contributed by atoms with Gasteiger partial charge in [-0.1, -0.05) is 39.3 Å². The van der Waals surface area contributed by atoms with Crippen LogP contribution in [0.4, 0.5) is 5.69 Å². The number of rotatable bonds is 8. The predicted molar refractivity (Wildman–Crippen MR) is 149 cm³/mol. The quantitative estimate of drug-likeness (QED) is 0.215. The summed E-state index contributed by atoms with van der Waals surface area (Å²) in [5, 5.41) is 8.06. The molecular formula is C30H44N4. The summed E-state index contributed by atoms with van der Waals surface area (Å²) in [5.41, 5.74) is 21.3. The van der Waals surface area contributed by atoms with Crippen molar-refractivity contribution in [3.05, 3.63) is 57.8 Å². The lowest BCUT2D eigenvalue weighted by molar-refractivity contribution is 0.271. The van der Waals surface area contributed by atoms with Crippen LogP contribution in [-0.2, 0) is 0 Å². The Morgan fingerprint density at radius 2 is 1.82 bits per heavy atom. The number of nitrogens with zero attached hydrogens (tertiary/aromatic N) is 1. The maximum absolute atomic E-state index is 8.06. The Morgan fingerprint density at radius 3 is 2.47 bits per heavy atom. The van der Waals surface area contributed by atoms with E-state index in [2.05, 4.69) is 39.8 Å². The molecule has 1 fully saturated rings. The van der Waals surface area contributed by atoms with Crippen LogP contribution < -0.4 is 11.5 Å². The van der Waals surface area contributed by atoms with Gasteiger partial charge < -0.3 is 16.9 Å². The van der Waals surface area contributed by atoms with E-state index in [0.29, 0.717) is 11.7 Å². The number of nitrogen functional groups attached to an aromatic ring is 1. The summed E-state index contributed by atoms with van der Waals surface area (Å²) in [6.45, 7) is 9.03. The SMILES string of the molecule is CCC/C=C(C1=C(c2c(C)ccc(N)c2C=N)CCCC1)\C(C=NC1C[C@@H](C)C[C@@H](C)C1)=C\N. The van der Waals surface area contributed by atoms with Crippen molar-refractivity contribution in [2.75, 3.05) is 5.73 Å². The highest BCUT2D eigenvalue weighted by Crippen LogP contribution is 2.41. The number of allylic oxidation sites excluding steroid dienone is 5. The normalized spacial score (nSPS) is 24.6. The lowest BCUT2D eigenvalue weighted by Gasteiger charge is -2.29. The molecule has 0 heterocycles. The zero-order chi connectivity index (χ0) is 24.7. The van der Waals surface area contributed by atoms with Gasteiger partial charge in [0.05, 0.1) is 6.04 Å². The van der Waals surface area contributed by atoms with Crippen molar-refractivity contribution < 1.29 is 0 Å². The molecule has 1 aromatic rings. The highest BCUT2D eigenvalue weighted by molar-refractivity contribution is 5.96. The molecule has 2 aliphatic carbocycles. The zero-order valence-corrected chi connectivity index (χ0v) is 21.7. The summed E-state index contributed by atoms with van der Waals surface area (Å²) in [5.74, 6) is 1.45. The molecular weight excluding hydrogens is 416 g/mol. The summed E-state index contributed by atoms with van der Waals surface area (Å²) in [4.78, 5) is 5.05. The molecule has 0 radical (unpaired) electrons. The molecule has 4 heteroatoms. The number of nitrogens with one attached hydrogen (secondary N) is 1. The molecule has 1 aromatic carbocycles. The maximum Gasteiger partial charge on any atom is 0.0504 e. The van der Waals surface area contributed by atoms with Crippen LogP contribution in [0, 0.1) is 24.2 Å². The van der Waals surface area contributed by atoms with Crippen LogP contribution in [-0.4, -0.2) is 18.5 Å². The van der Waals surface area contributed by atoms with Crippen LogP contribution in [0.1, 0.15) is 95.2 Å². The first-order valence-electron chi connectivity index (χ1n) is 13.2. The summed E-state index contributed by atoms with van der Waals surface area (Å²) in [6, 6.07) is 4.38. The second kappa shape index (κ2) is 12.2. The molecule has 2 aliphatic rings. The van der Waals surface area contributed by atoms with Crippen LogP contribution in [0.25, 0.3) is 5.57 Å². The van der Waals surface area contributed by atoms with Gasteiger partial charge in [0.15, 0.2) is 0 Å². The molecule has 0 bridgehead atoms. The van der Waals surface area contributed by atoms with Gasteiger partial charge in [-0.3, -0.25) is 4.99 Å². The highest BCUT2D eigenvalue weighted by Gasteiger charge is 2.25. The van der Waals surface area contributed by atoms with E-state index >= 15 is 0 Å². The third-order valence-corrected chi connectivity index (χ3v) is 7.43. The fourth-order valence-electron chi connectivity index (χ4n) is 5.90. The Balaban J connectivity index is 2.08. The Hall–Kier alpha value is -2.62. The predicted octanol–water partition coefficient (Wildman–Crippen LogP) is 7.37. The fraction of sp³-hybridized carbons (Fsp3) is 0.533. The smallest absolute Gasteiger partial charge is 0.0504 e. The third kappa shape index (κ3) is 6.08. The second-order valence-electron chi connectivity index (χ2n) is 10.4. The molecule has 0 saturated heterocycles. The number of aryl methyl sites for hydroxylation is 1. The summed E-state index contributed by atoms with van der Waals surface area (Å²) in [6.07, 6.45) is 17.6. The molecule has 4 nitrogen and oxygen atoms in total. The number of benzene rings is 1. The van der Waals surface area contributed by atoms with Gasteiger partial charge in [-0.25, -0.2) is 0 Å². The fourth-order valence-corrected chi connectivity index (χ4v) is 5.90. The minimum Gasteiger partial charge on any atom is -0.404 e. The number of nitrogens with two attached hydrogens (primary N) is 2. The van der Waals surface area contributed by atoms with Crippen LogP contribution in [0.5, 0.6) is 0 Å². The monoisotopic (exact) mass is 460 g/mol. The van der Waals surface area contributed by atoms with E-state index < -0.39 is 0 Å². The van der Waals surface area contributed by atoms with Gasteiger partial charge in [-0.15, -0.1) is 0 Å². The van der Waals surface area contributed by atoms with E-state index in [1.165, 1.54) is 34.9 Å². The molecule has 1 saturated carbocycles. The topological polar surface area (TPSA) is 88.2 Å². The Morgan fingerprint density at radius 1 is 1.12 bits per heavy atom. The third-order valence-electron chi connectivity index (χ3n) is 7.43. The Kier molecular flexibility index (Phi) is 9.32. The molecule has 184 valence electrons. The van der Waals surface area contributed by atoms with E-state index in [1.807, 2.05) is 12.3 Å². The average Bonchev–Trinajstić information content (AvgIpc) is 2.82. The van der Waals surface area contributed by atoms with E-state index in [-0.39, 0.29) is 0 Å². The highest BCUT2D eigenvalue weighted by atomic mass is 14.8. The van der Waals surface area contributed by atoms with Gasteiger partial charge in [0.25, 0.3) is 0 Å². The first kappa shape index (κ1) is 26.0. The van der Waals surface area contributed by atoms with Gasteiger partial charge in [0, 0.05) is 35.5 Å². The molecule has 0 amide bonds. The van der Waals surface area contributed by atoms with Gasteiger partial charge in [-0.2, -0.15) is 0 Å². The molecule has 5 N–H and O–H groups in total. The molecule has 0 spiro atoms. The van der Waals surface area contributed by atoms with Crippen molar-refractivity contribution in [1.82, 2.24) is 0 Å². The molecule has 3 atom stereocenters. The largest absolute Gasteiger partial charge is 0.404 e. The van der Waals surface area contributed by atoms with Crippen molar-refractivity contribution in [3.8, 4) is 0 Å².